The van der Waals surface area contributed by atoms with Crippen LogP contribution in [0.4, 0.5) is 10.6 Å². The largest absolute Gasteiger partial charge is 0.444 e. The summed E-state index contributed by atoms with van der Waals surface area (Å²) >= 11 is 0. The Kier molecular flexibility index (Phi) is 9.22. The number of nitrogens with zero attached hydrogens (tertiary/aromatic N) is 1. The summed E-state index contributed by atoms with van der Waals surface area (Å²) in [6, 6.07) is 15.9. The number of Topliss-reactive ketones (excluding diaryl/α,β-unsaturated/α-hetero) is 1. The summed E-state index contributed by atoms with van der Waals surface area (Å²) < 4.78 is 5.34. The molecular weight excluding hydrogens is 468 g/mol. The molecule has 0 spiro atoms. The first kappa shape index (κ1) is 27.6. The predicted molar refractivity (Wildman–Crippen MR) is 145 cm³/mol. The Bertz CT molecular complexity index is 1240. The number of anilines is 1. The predicted octanol–water partition coefficient (Wildman–Crippen LogP) is 4.35. The molecule has 0 fully saturated rings. The van der Waals surface area contributed by atoms with Gasteiger partial charge in [0.2, 0.25) is 5.91 Å². The Morgan fingerprint density at radius 1 is 0.973 bits per heavy atom. The van der Waals surface area contributed by atoms with Crippen molar-refractivity contribution in [1.29, 1.82) is 0 Å². The smallest absolute Gasteiger partial charge is 0.408 e. The number of nitrogen functional groups attached to an aromatic ring is 1. The molecule has 4 N–H and O–H groups in total. The zero-order chi connectivity index (χ0) is 27.0. The fourth-order valence-electron chi connectivity index (χ4n) is 3.96. The highest BCUT2D eigenvalue weighted by Gasteiger charge is 2.26. The van der Waals surface area contributed by atoms with Gasteiger partial charge in [0.15, 0.2) is 5.78 Å². The minimum Gasteiger partial charge on any atom is -0.444 e. The zero-order valence-electron chi connectivity index (χ0n) is 21.9. The maximum absolute atomic E-state index is 13.1. The SMILES string of the molecule is C[C@H](NC(=O)[C@@H](CCc1ccccc1)NC(=O)OC(C)(C)C)C(=O)CCc1ccc2c(N)nccc2c1. The van der Waals surface area contributed by atoms with Crippen molar-refractivity contribution >= 4 is 34.4 Å². The number of amides is 2. The summed E-state index contributed by atoms with van der Waals surface area (Å²) in [5.74, 6) is -0.0450. The summed E-state index contributed by atoms with van der Waals surface area (Å²) in [5.41, 5.74) is 7.26. The van der Waals surface area contributed by atoms with Crippen molar-refractivity contribution in [3.8, 4) is 0 Å². The minimum atomic E-state index is -0.843. The number of nitrogens with one attached hydrogen (secondary N) is 2. The number of hydrogen-bond acceptors (Lipinski definition) is 6. The van der Waals surface area contributed by atoms with Gasteiger partial charge in [-0.15, -0.1) is 0 Å². The maximum Gasteiger partial charge on any atom is 0.408 e. The lowest BCUT2D eigenvalue weighted by atomic mass is 10.0. The van der Waals surface area contributed by atoms with E-state index in [2.05, 4.69) is 15.6 Å². The van der Waals surface area contributed by atoms with Crippen molar-refractivity contribution in [1.82, 2.24) is 15.6 Å². The van der Waals surface area contributed by atoms with Gasteiger partial charge in [-0.05, 0) is 69.5 Å². The van der Waals surface area contributed by atoms with Crippen LogP contribution in [-0.4, -0.2) is 40.5 Å². The molecule has 2 amide bonds. The fourth-order valence-corrected chi connectivity index (χ4v) is 3.96. The standard InChI is InChI=1S/C29H36N4O4/c1-19(25(34)15-12-21-10-13-23-22(18-21)16-17-31-26(23)30)32-27(35)24(33-28(36)37-29(2,3)4)14-11-20-8-6-5-7-9-20/h5-10,13,16-19,24H,11-12,14-15H2,1-4H3,(H2,30,31)(H,32,35)(H,33,36)/t19-,24+/m0/s1. The molecule has 0 bridgehead atoms. The van der Waals surface area contributed by atoms with Crippen molar-refractivity contribution < 1.29 is 19.1 Å². The first-order chi connectivity index (χ1) is 17.5. The molecule has 3 aromatic rings. The molecule has 0 saturated heterocycles. The second kappa shape index (κ2) is 12.3. The topological polar surface area (TPSA) is 123 Å². The Morgan fingerprint density at radius 2 is 1.70 bits per heavy atom. The molecule has 2 atom stereocenters. The van der Waals surface area contributed by atoms with E-state index in [0.717, 1.165) is 21.9 Å². The highest BCUT2D eigenvalue weighted by Crippen LogP contribution is 2.21. The first-order valence-corrected chi connectivity index (χ1v) is 12.5. The van der Waals surface area contributed by atoms with Crippen LogP contribution in [0.5, 0.6) is 0 Å². The third kappa shape index (κ3) is 8.59. The number of carbonyl (C=O) groups is 3. The third-order valence-corrected chi connectivity index (χ3v) is 5.93. The van der Waals surface area contributed by atoms with Gasteiger partial charge in [0.25, 0.3) is 0 Å². The summed E-state index contributed by atoms with van der Waals surface area (Å²) in [6.45, 7) is 6.93. The number of rotatable bonds is 10. The van der Waals surface area contributed by atoms with Gasteiger partial charge in [0.1, 0.15) is 17.5 Å². The molecule has 0 unspecified atom stereocenters. The molecule has 0 saturated carbocycles. The normalized spacial score (nSPS) is 13.0. The number of pyridine rings is 1. The van der Waals surface area contributed by atoms with Crippen molar-refractivity contribution in [3.63, 3.8) is 0 Å². The molecule has 8 heteroatoms. The Morgan fingerprint density at radius 3 is 2.41 bits per heavy atom. The second-order valence-corrected chi connectivity index (χ2v) is 10.2. The zero-order valence-corrected chi connectivity index (χ0v) is 21.9. The Hall–Kier alpha value is -3.94. The molecule has 8 nitrogen and oxygen atoms in total. The first-order valence-electron chi connectivity index (χ1n) is 12.5. The fraction of sp³-hybridized carbons (Fsp3) is 0.379. The summed E-state index contributed by atoms with van der Waals surface area (Å²) in [5, 5.41) is 7.28. The highest BCUT2D eigenvalue weighted by molar-refractivity contribution is 5.93. The van der Waals surface area contributed by atoms with Gasteiger partial charge in [-0.25, -0.2) is 9.78 Å². The van der Waals surface area contributed by atoms with E-state index < -0.39 is 29.7 Å². The quantitative estimate of drug-likeness (QED) is 0.377. The monoisotopic (exact) mass is 504 g/mol. The second-order valence-electron chi connectivity index (χ2n) is 10.2. The van der Waals surface area contributed by atoms with Gasteiger partial charge in [-0.1, -0.05) is 48.5 Å². The van der Waals surface area contributed by atoms with E-state index in [1.807, 2.05) is 54.6 Å². The van der Waals surface area contributed by atoms with E-state index >= 15 is 0 Å². The molecule has 0 aliphatic heterocycles. The maximum atomic E-state index is 13.1. The van der Waals surface area contributed by atoms with Crippen LogP contribution >= 0.6 is 0 Å². The lowest BCUT2D eigenvalue weighted by Crippen LogP contribution is -2.51. The molecule has 0 aliphatic carbocycles. The average molecular weight is 505 g/mol. The number of alkyl carbamates (subject to hydrolysis) is 1. The van der Waals surface area contributed by atoms with E-state index in [4.69, 9.17) is 10.5 Å². The average Bonchev–Trinajstić information content (AvgIpc) is 2.84. The van der Waals surface area contributed by atoms with Gasteiger partial charge >= 0.3 is 6.09 Å². The van der Waals surface area contributed by atoms with Crippen LogP contribution in [0.2, 0.25) is 0 Å². The van der Waals surface area contributed by atoms with Crippen LogP contribution in [0.3, 0.4) is 0 Å². The Labute approximate surface area is 218 Å². The van der Waals surface area contributed by atoms with Gasteiger partial charge in [-0.2, -0.15) is 0 Å². The van der Waals surface area contributed by atoms with Crippen LogP contribution < -0.4 is 16.4 Å². The van der Waals surface area contributed by atoms with Gasteiger partial charge < -0.3 is 21.1 Å². The lowest BCUT2D eigenvalue weighted by Gasteiger charge is -2.24. The van der Waals surface area contributed by atoms with Gasteiger partial charge in [-0.3, -0.25) is 9.59 Å². The summed E-state index contributed by atoms with van der Waals surface area (Å²) in [6.07, 6.45) is 2.73. The number of fused-ring (bicyclic) bond motifs is 1. The number of ketones is 1. The van der Waals surface area contributed by atoms with Crippen molar-refractivity contribution in [2.75, 3.05) is 5.73 Å². The third-order valence-electron chi connectivity index (χ3n) is 5.93. The van der Waals surface area contributed by atoms with E-state index in [0.29, 0.717) is 25.1 Å². The van der Waals surface area contributed by atoms with Crippen LogP contribution in [0.1, 0.15) is 51.7 Å². The van der Waals surface area contributed by atoms with E-state index in [1.165, 1.54) is 0 Å². The highest BCUT2D eigenvalue weighted by atomic mass is 16.6. The summed E-state index contributed by atoms with van der Waals surface area (Å²) in [7, 11) is 0. The van der Waals surface area contributed by atoms with E-state index in [-0.39, 0.29) is 12.2 Å². The molecule has 3 rings (SSSR count). The Balaban J connectivity index is 1.59. The molecule has 2 aromatic carbocycles. The number of benzene rings is 2. The minimum absolute atomic E-state index is 0.0956. The van der Waals surface area contributed by atoms with Crippen molar-refractivity contribution in [2.45, 2.75) is 71.1 Å². The molecule has 37 heavy (non-hydrogen) atoms. The lowest BCUT2D eigenvalue weighted by molar-refractivity contribution is -0.128. The molecule has 0 aliphatic rings. The van der Waals surface area contributed by atoms with Crippen LogP contribution in [0.25, 0.3) is 10.8 Å². The summed E-state index contributed by atoms with van der Waals surface area (Å²) in [4.78, 5) is 42.4. The number of ether oxygens (including phenoxy) is 1. The number of aryl methyl sites for hydroxylation is 2. The van der Waals surface area contributed by atoms with E-state index in [1.54, 1.807) is 33.9 Å². The number of carbonyl (C=O) groups excluding carboxylic acids is 3. The molecule has 1 aromatic heterocycles. The van der Waals surface area contributed by atoms with Crippen LogP contribution in [0, 0.1) is 0 Å². The number of nitrogens with two attached hydrogens (primary N) is 1. The van der Waals surface area contributed by atoms with Crippen molar-refractivity contribution in [3.05, 3.63) is 71.9 Å². The van der Waals surface area contributed by atoms with Gasteiger partial charge in [0.05, 0.1) is 6.04 Å². The van der Waals surface area contributed by atoms with E-state index in [9.17, 15) is 14.4 Å². The molecule has 0 radical (unpaired) electrons. The number of aromatic nitrogens is 1. The van der Waals surface area contributed by atoms with Crippen molar-refractivity contribution in [2.24, 2.45) is 0 Å². The molecule has 1 heterocycles. The number of hydrogen-bond donors (Lipinski definition) is 3. The van der Waals surface area contributed by atoms with Crippen LogP contribution in [-0.2, 0) is 27.2 Å². The van der Waals surface area contributed by atoms with Crippen LogP contribution in [0.15, 0.2) is 60.8 Å². The molecular formula is C29H36N4O4. The molecule has 196 valence electrons. The van der Waals surface area contributed by atoms with Gasteiger partial charge in [0, 0.05) is 18.0 Å².